The Labute approximate surface area is 82.1 Å². The Balaban J connectivity index is 2.45. The monoisotopic (exact) mass is 191 g/mol. The highest BCUT2D eigenvalue weighted by atomic mass is 16.3. The Morgan fingerprint density at radius 2 is 2.07 bits per heavy atom. The topological polar surface area (TPSA) is 59.4 Å². The van der Waals surface area contributed by atoms with Gasteiger partial charge in [0.1, 0.15) is 11.3 Å². The first-order valence-electron chi connectivity index (χ1n) is 4.60. The second-order valence-corrected chi connectivity index (χ2v) is 3.45. The first-order chi connectivity index (χ1) is 6.68. The molecule has 0 aliphatic heterocycles. The van der Waals surface area contributed by atoms with Crippen LogP contribution in [0.5, 0.6) is 0 Å². The van der Waals surface area contributed by atoms with Gasteiger partial charge in [-0.15, -0.1) is 0 Å². The van der Waals surface area contributed by atoms with E-state index in [1.165, 1.54) is 0 Å². The fraction of sp³-hybridized carbons (Fsp3) is 0.273. The normalized spacial score (nSPS) is 15.6. The van der Waals surface area contributed by atoms with Gasteiger partial charge in [0.25, 0.3) is 0 Å². The molecule has 1 heterocycles. The Hall–Kier alpha value is -1.32. The molecule has 0 unspecified atom stereocenters. The number of aliphatic hydroxyl groups excluding tert-OH is 1. The van der Waals surface area contributed by atoms with E-state index in [2.05, 4.69) is 0 Å². The van der Waals surface area contributed by atoms with Crippen LogP contribution < -0.4 is 5.73 Å². The number of nitrogens with two attached hydrogens (primary N) is 1. The molecule has 74 valence electrons. The van der Waals surface area contributed by atoms with Crippen LogP contribution in [-0.2, 0) is 0 Å². The third kappa shape index (κ3) is 1.52. The highest BCUT2D eigenvalue weighted by Crippen LogP contribution is 2.23. The molecule has 0 saturated heterocycles. The van der Waals surface area contributed by atoms with Gasteiger partial charge in [-0.05, 0) is 19.1 Å². The summed E-state index contributed by atoms with van der Waals surface area (Å²) in [5.74, 6) is 0.626. The van der Waals surface area contributed by atoms with Gasteiger partial charge < -0.3 is 15.3 Å². The van der Waals surface area contributed by atoms with Gasteiger partial charge in [-0.25, -0.2) is 0 Å². The van der Waals surface area contributed by atoms with Crippen LogP contribution in [0.1, 0.15) is 18.7 Å². The van der Waals surface area contributed by atoms with Crippen LogP contribution in [0.4, 0.5) is 0 Å². The van der Waals surface area contributed by atoms with Crippen LogP contribution in [0.15, 0.2) is 34.7 Å². The lowest BCUT2D eigenvalue weighted by Gasteiger charge is -2.10. The Kier molecular flexibility index (Phi) is 2.27. The molecular weight excluding hydrogens is 178 g/mol. The van der Waals surface area contributed by atoms with E-state index >= 15 is 0 Å². The van der Waals surface area contributed by atoms with Crippen LogP contribution >= 0.6 is 0 Å². The van der Waals surface area contributed by atoms with Crippen molar-refractivity contribution in [2.24, 2.45) is 5.73 Å². The maximum atomic E-state index is 9.31. The number of para-hydroxylation sites is 1. The quantitative estimate of drug-likeness (QED) is 0.761. The van der Waals surface area contributed by atoms with Gasteiger partial charge >= 0.3 is 0 Å². The summed E-state index contributed by atoms with van der Waals surface area (Å²) in [6.45, 7) is 1.65. The molecule has 0 bridgehead atoms. The zero-order valence-electron chi connectivity index (χ0n) is 7.97. The summed E-state index contributed by atoms with van der Waals surface area (Å²) >= 11 is 0. The molecule has 3 N–H and O–H groups in total. The van der Waals surface area contributed by atoms with Gasteiger partial charge in [-0.2, -0.15) is 0 Å². The highest BCUT2D eigenvalue weighted by Gasteiger charge is 2.16. The van der Waals surface area contributed by atoms with Crippen LogP contribution in [0.2, 0.25) is 0 Å². The largest absolute Gasteiger partial charge is 0.459 e. The van der Waals surface area contributed by atoms with E-state index in [4.69, 9.17) is 10.2 Å². The smallest absolute Gasteiger partial charge is 0.134 e. The van der Waals surface area contributed by atoms with Crippen molar-refractivity contribution in [1.82, 2.24) is 0 Å². The van der Waals surface area contributed by atoms with Crippen molar-refractivity contribution in [2.75, 3.05) is 0 Å². The van der Waals surface area contributed by atoms with E-state index in [0.717, 1.165) is 11.0 Å². The molecule has 2 atom stereocenters. The van der Waals surface area contributed by atoms with Crippen molar-refractivity contribution in [2.45, 2.75) is 19.1 Å². The van der Waals surface area contributed by atoms with E-state index in [-0.39, 0.29) is 0 Å². The molecule has 0 amide bonds. The minimum absolute atomic E-state index is 0.456. The fourth-order valence-electron chi connectivity index (χ4n) is 1.40. The van der Waals surface area contributed by atoms with Crippen LogP contribution in [0, 0.1) is 0 Å². The summed E-state index contributed by atoms with van der Waals surface area (Å²) in [5, 5.41) is 10.3. The Morgan fingerprint density at radius 3 is 2.71 bits per heavy atom. The Bertz CT molecular complexity index is 401. The summed E-state index contributed by atoms with van der Waals surface area (Å²) < 4.78 is 5.51. The molecule has 3 heteroatoms. The lowest BCUT2D eigenvalue weighted by atomic mass is 10.1. The SMILES string of the molecule is C[C@@H](O)[C@@H](N)c1cc2ccccc2o1. The number of furan rings is 1. The number of aliphatic hydroxyl groups is 1. The number of rotatable bonds is 2. The van der Waals surface area contributed by atoms with Gasteiger partial charge in [0.15, 0.2) is 0 Å². The summed E-state index contributed by atoms with van der Waals surface area (Å²) in [6.07, 6.45) is -0.601. The van der Waals surface area contributed by atoms with Gasteiger partial charge in [0.05, 0.1) is 12.1 Å². The minimum Gasteiger partial charge on any atom is -0.459 e. The lowest BCUT2D eigenvalue weighted by Crippen LogP contribution is -2.22. The van der Waals surface area contributed by atoms with E-state index < -0.39 is 12.1 Å². The molecule has 3 nitrogen and oxygen atoms in total. The maximum Gasteiger partial charge on any atom is 0.134 e. The second-order valence-electron chi connectivity index (χ2n) is 3.45. The summed E-state index contributed by atoms with van der Waals surface area (Å²) in [5.41, 5.74) is 6.56. The summed E-state index contributed by atoms with van der Waals surface area (Å²) in [4.78, 5) is 0. The van der Waals surface area contributed by atoms with Gasteiger partial charge in [-0.1, -0.05) is 18.2 Å². The molecule has 1 aromatic heterocycles. The van der Waals surface area contributed by atoms with E-state index in [0.29, 0.717) is 5.76 Å². The van der Waals surface area contributed by atoms with E-state index in [9.17, 15) is 5.11 Å². The van der Waals surface area contributed by atoms with Crippen molar-refractivity contribution >= 4 is 11.0 Å². The minimum atomic E-state index is -0.601. The van der Waals surface area contributed by atoms with Crippen LogP contribution in [0.25, 0.3) is 11.0 Å². The van der Waals surface area contributed by atoms with E-state index in [1.54, 1.807) is 6.92 Å². The summed E-state index contributed by atoms with van der Waals surface area (Å²) in [7, 11) is 0. The molecule has 1 aromatic carbocycles. The standard InChI is InChI=1S/C11H13NO2/c1-7(13)11(12)10-6-8-4-2-3-5-9(8)14-10/h2-7,11,13H,12H2,1H3/t7-,11-/m1/s1. The first kappa shape index (κ1) is 9.24. The number of hydrogen-bond acceptors (Lipinski definition) is 3. The number of fused-ring (bicyclic) bond motifs is 1. The average Bonchev–Trinajstić information content (AvgIpc) is 2.59. The van der Waals surface area contributed by atoms with Crippen LogP contribution in [0.3, 0.4) is 0 Å². The molecule has 2 rings (SSSR count). The third-order valence-corrected chi connectivity index (χ3v) is 2.29. The average molecular weight is 191 g/mol. The Morgan fingerprint density at radius 1 is 1.36 bits per heavy atom. The van der Waals surface area contributed by atoms with Crippen molar-refractivity contribution in [3.63, 3.8) is 0 Å². The highest BCUT2D eigenvalue weighted by molar-refractivity contribution is 5.77. The predicted octanol–water partition coefficient (Wildman–Crippen LogP) is 1.81. The molecule has 0 fully saturated rings. The maximum absolute atomic E-state index is 9.31. The van der Waals surface area contributed by atoms with Crippen molar-refractivity contribution < 1.29 is 9.52 Å². The molecule has 0 radical (unpaired) electrons. The van der Waals surface area contributed by atoms with Gasteiger partial charge in [0, 0.05) is 5.39 Å². The molecular formula is C11H13NO2. The van der Waals surface area contributed by atoms with Gasteiger partial charge in [-0.3, -0.25) is 0 Å². The fourth-order valence-corrected chi connectivity index (χ4v) is 1.40. The predicted molar refractivity (Wildman–Crippen MR) is 54.8 cm³/mol. The zero-order valence-corrected chi connectivity index (χ0v) is 7.97. The van der Waals surface area contributed by atoms with Gasteiger partial charge in [0.2, 0.25) is 0 Å². The lowest BCUT2D eigenvalue weighted by molar-refractivity contribution is 0.154. The first-order valence-corrected chi connectivity index (χ1v) is 4.60. The van der Waals surface area contributed by atoms with Crippen molar-refractivity contribution in [1.29, 1.82) is 0 Å². The van der Waals surface area contributed by atoms with Crippen molar-refractivity contribution in [3.8, 4) is 0 Å². The molecule has 2 aromatic rings. The number of hydrogen-bond donors (Lipinski definition) is 2. The molecule has 0 aliphatic carbocycles. The second kappa shape index (κ2) is 3.44. The van der Waals surface area contributed by atoms with E-state index in [1.807, 2.05) is 30.3 Å². The van der Waals surface area contributed by atoms with Crippen LogP contribution in [-0.4, -0.2) is 11.2 Å². The molecule has 0 saturated carbocycles. The molecule has 0 spiro atoms. The molecule has 14 heavy (non-hydrogen) atoms. The summed E-state index contributed by atoms with van der Waals surface area (Å²) in [6, 6.07) is 9.10. The zero-order chi connectivity index (χ0) is 10.1. The third-order valence-electron chi connectivity index (χ3n) is 2.29. The molecule has 0 aliphatic rings. The number of benzene rings is 1. The van der Waals surface area contributed by atoms with Crippen molar-refractivity contribution in [3.05, 3.63) is 36.1 Å².